The molecule has 0 aromatic heterocycles. The maximum Gasteiger partial charge on any atom is 0.336 e. The standard InChI is InChI=1S/C22H18N4O10/c27-21(20-16(22(28)29)4-2-6-19(20)26(32)33)23-14-7-9-15(10-8-14)24-35-12-17-13(11-36-34)3-1-5-18(17)25(30)31/h1-10,24,34H,11-12H2,(H,23,27)(H,28,29). The Kier molecular flexibility index (Phi) is 8.19. The van der Waals surface area contributed by atoms with Gasteiger partial charge in [-0.15, -0.1) is 0 Å². The first-order valence-corrected chi connectivity index (χ1v) is 10.0. The zero-order valence-corrected chi connectivity index (χ0v) is 18.2. The number of nitro groups is 2. The molecule has 0 aliphatic heterocycles. The smallest absolute Gasteiger partial charge is 0.336 e. The molecule has 0 saturated heterocycles. The van der Waals surface area contributed by atoms with E-state index < -0.39 is 38.5 Å². The van der Waals surface area contributed by atoms with Crippen molar-refractivity contribution in [1.82, 2.24) is 0 Å². The highest BCUT2D eigenvalue weighted by atomic mass is 17.1. The Morgan fingerprint density at radius 1 is 0.861 bits per heavy atom. The van der Waals surface area contributed by atoms with Crippen LogP contribution in [0.25, 0.3) is 0 Å². The summed E-state index contributed by atoms with van der Waals surface area (Å²) in [6, 6.07) is 13.3. The molecule has 14 heteroatoms. The molecule has 3 aromatic rings. The molecule has 4 N–H and O–H groups in total. The Morgan fingerprint density at radius 3 is 2.08 bits per heavy atom. The van der Waals surface area contributed by atoms with Crippen LogP contribution in [0.4, 0.5) is 22.7 Å². The molecule has 0 atom stereocenters. The molecule has 3 aromatic carbocycles. The number of hydrogen-bond donors (Lipinski definition) is 4. The van der Waals surface area contributed by atoms with E-state index in [1.807, 2.05) is 0 Å². The number of carboxylic acid groups (broad SMARTS) is 1. The molecule has 0 aliphatic carbocycles. The number of nitrogens with one attached hydrogen (secondary N) is 2. The number of benzene rings is 3. The van der Waals surface area contributed by atoms with Gasteiger partial charge < -0.3 is 10.4 Å². The molecule has 0 heterocycles. The monoisotopic (exact) mass is 498 g/mol. The van der Waals surface area contributed by atoms with E-state index in [1.165, 1.54) is 48.5 Å². The fourth-order valence-electron chi connectivity index (χ4n) is 3.28. The first-order valence-electron chi connectivity index (χ1n) is 10.0. The molecule has 0 saturated carbocycles. The van der Waals surface area contributed by atoms with Gasteiger partial charge in [0.05, 0.1) is 26.7 Å². The highest BCUT2D eigenvalue weighted by molar-refractivity contribution is 6.13. The van der Waals surface area contributed by atoms with Crippen LogP contribution in [-0.4, -0.2) is 32.1 Å². The highest BCUT2D eigenvalue weighted by Gasteiger charge is 2.27. The predicted octanol–water partition coefficient (Wildman–Crippen LogP) is 3.99. The molecule has 186 valence electrons. The average molecular weight is 498 g/mol. The van der Waals surface area contributed by atoms with Gasteiger partial charge in [0.2, 0.25) is 0 Å². The van der Waals surface area contributed by atoms with Gasteiger partial charge in [0.25, 0.3) is 17.3 Å². The summed E-state index contributed by atoms with van der Waals surface area (Å²) in [6.07, 6.45) is 0. The van der Waals surface area contributed by atoms with Gasteiger partial charge in [-0.1, -0.05) is 18.2 Å². The maximum atomic E-state index is 12.6. The number of nitrogens with zero attached hydrogens (tertiary/aromatic N) is 2. The van der Waals surface area contributed by atoms with Gasteiger partial charge in [0.15, 0.2) is 0 Å². The topological polar surface area (TPSA) is 203 Å². The molecule has 1 amide bonds. The van der Waals surface area contributed by atoms with Crippen LogP contribution in [0.15, 0.2) is 60.7 Å². The summed E-state index contributed by atoms with van der Waals surface area (Å²) >= 11 is 0. The second-order valence-corrected chi connectivity index (χ2v) is 7.13. The lowest BCUT2D eigenvalue weighted by Crippen LogP contribution is -2.18. The van der Waals surface area contributed by atoms with Gasteiger partial charge in [-0.2, -0.15) is 0 Å². The van der Waals surface area contributed by atoms with Crippen molar-refractivity contribution in [2.45, 2.75) is 13.2 Å². The van der Waals surface area contributed by atoms with E-state index in [4.69, 9.17) is 10.1 Å². The summed E-state index contributed by atoms with van der Waals surface area (Å²) in [5.74, 6) is -2.47. The van der Waals surface area contributed by atoms with E-state index >= 15 is 0 Å². The second-order valence-electron chi connectivity index (χ2n) is 7.13. The van der Waals surface area contributed by atoms with E-state index in [1.54, 1.807) is 0 Å². The van der Waals surface area contributed by atoms with Crippen LogP contribution >= 0.6 is 0 Å². The predicted molar refractivity (Wildman–Crippen MR) is 123 cm³/mol. The van der Waals surface area contributed by atoms with Crippen LogP contribution in [0.1, 0.15) is 31.8 Å². The number of anilines is 2. The van der Waals surface area contributed by atoms with Gasteiger partial charge in [-0.25, -0.2) is 9.68 Å². The van der Waals surface area contributed by atoms with Crippen molar-refractivity contribution in [3.63, 3.8) is 0 Å². The Morgan fingerprint density at radius 2 is 1.47 bits per heavy atom. The lowest BCUT2D eigenvalue weighted by Gasteiger charge is -2.12. The third-order valence-electron chi connectivity index (χ3n) is 4.91. The number of nitro benzene ring substituents is 2. The Bertz CT molecular complexity index is 1280. The minimum absolute atomic E-state index is 0.187. The van der Waals surface area contributed by atoms with E-state index in [2.05, 4.69) is 15.7 Å². The normalized spacial score (nSPS) is 10.5. The van der Waals surface area contributed by atoms with Gasteiger partial charge in [0, 0.05) is 17.8 Å². The Labute approximate surface area is 201 Å². The molecular weight excluding hydrogens is 480 g/mol. The first-order chi connectivity index (χ1) is 17.2. The van der Waals surface area contributed by atoms with Crippen molar-refractivity contribution >= 4 is 34.6 Å². The quantitative estimate of drug-likeness (QED) is 0.169. The van der Waals surface area contributed by atoms with Crippen LogP contribution in [0.5, 0.6) is 0 Å². The van der Waals surface area contributed by atoms with E-state index in [-0.39, 0.29) is 30.2 Å². The third kappa shape index (κ3) is 5.95. The Hall–Kier alpha value is -4.92. The SMILES string of the molecule is O=C(O)c1cccc([N+](=O)[O-])c1C(=O)Nc1ccc(NOCc2c(COO)cccc2[N+](=O)[O-])cc1. The van der Waals surface area contributed by atoms with E-state index in [0.717, 1.165) is 12.1 Å². The van der Waals surface area contributed by atoms with Crippen LogP contribution in [0.3, 0.4) is 0 Å². The average Bonchev–Trinajstić information content (AvgIpc) is 2.85. The number of carbonyl (C=O) groups excluding carboxylic acids is 1. The van der Waals surface area contributed by atoms with Crippen molar-refractivity contribution in [3.8, 4) is 0 Å². The number of carbonyl (C=O) groups is 2. The van der Waals surface area contributed by atoms with Crippen molar-refractivity contribution in [2.75, 3.05) is 10.8 Å². The molecule has 3 rings (SSSR count). The molecule has 0 unspecified atom stereocenters. The largest absolute Gasteiger partial charge is 0.478 e. The van der Waals surface area contributed by atoms with Crippen LogP contribution in [-0.2, 0) is 22.9 Å². The summed E-state index contributed by atoms with van der Waals surface area (Å²) in [5, 5.41) is 43.0. The van der Waals surface area contributed by atoms with Crippen LogP contribution in [0, 0.1) is 20.2 Å². The van der Waals surface area contributed by atoms with E-state index in [0.29, 0.717) is 11.3 Å². The minimum atomic E-state index is -1.49. The summed E-state index contributed by atoms with van der Waals surface area (Å²) in [4.78, 5) is 54.6. The lowest BCUT2D eigenvalue weighted by molar-refractivity contribution is -0.386. The molecule has 14 nitrogen and oxygen atoms in total. The number of rotatable bonds is 11. The summed E-state index contributed by atoms with van der Waals surface area (Å²) in [5.41, 5.74) is 1.74. The van der Waals surface area contributed by atoms with Crippen molar-refractivity contribution in [3.05, 3.63) is 103 Å². The molecule has 0 fully saturated rings. The van der Waals surface area contributed by atoms with Gasteiger partial charge in [0.1, 0.15) is 18.8 Å². The van der Waals surface area contributed by atoms with Crippen molar-refractivity contribution in [1.29, 1.82) is 0 Å². The maximum absolute atomic E-state index is 12.6. The summed E-state index contributed by atoms with van der Waals surface area (Å²) in [6.45, 7) is -0.526. The third-order valence-corrected chi connectivity index (χ3v) is 4.91. The van der Waals surface area contributed by atoms with Crippen molar-refractivity contribution < 1.29 is 39.5 Å². The zero-order valence-electron chi connectivity index (χ0n) is 18.2. The molecule has 0 spiro atoms. The molecule has 0 bridgehead atoms. The zero-order chi connectivity index (χ0) is 26.2. The fourth-order valence-corrected chi connectivity index (χ4v) is 3.28. The molecular formula is C22H18N4O10. The molecule has 36 heavy (non-hydrogen) atoms. The van der Waals surface area contributed by atoms with Gasteiger partial charge >= 0.3 is 5.97 Å². The Balaban J connectivity index is 1.70. The number of aromatic carboxylic acids is 1. The molecule has 0 radical (unpaired) electrons. The molecule has 0 aliphatic rings. The second kappa shape index (κ2) is 11.5. The lowest BCUT2D eigenvalue weighted by atomic mass is 10.0. The highest BCUT2D eigenvalue weighted by Crippen LogP contribution is 2.26. The number of hydrogen-bond acceptors (Lipinski definition) is 10. The van der Waals surface area contributed by atoms with E-state index in [9.17, 15) is 34.9 Å². The fraction of sp³-hybridized carbons (Fsp3) is 0.0909. The summed E-state index contributed by atoms with van der Waals surface area (Å²) in [7, 11) is 0. The number of amides is 1. The minimum Gasteiger partial charge on any atom is -0.478 e. The van der Waals surface area contributed by atoms with Gasteiger partial charge in [-0.3, -0.25) is 40.6 Å². The van der Waals surface area contributed by atoms with Crippen molar-refractivity contribution in [2.24, 2.45) is 0 Å². The first kappa shape index (κ1) is 25.7. The van der Waals surface area contributed by atoms with Crippen LogP contribution in [0.2, 0.25) is 0 Å². The summed E-state index contributed by atoms with van der Waals surface area (Å²) < 4.78 is 0. The number of carboxylic acids is 1. The van der Waals surface area contributed by atoms with Crippen LogP contribution < -0.4 is 10.8 Å². The van der Waals surface area contributed by atoms with Gasteiger partial charge in [-0.05, 0) is 35.9 Å².